The summed E-state index contributed by atoms with van der Waals surface area (Å²) in [6.07, 6.45) is -3.81. The first-order valence-electron chi connectivity index (χ1n) is 16.2. The highest BCUT2D eigenvalue weighted by Crippen LogP contribution is 2.38. The van der Waals surface area contributed by atoms with Gasteiger partial charge < -0.3 is 84.4 Å². The van der Waals surface area contributed by atoms with Crippen LogP contribution in [-0.4, -0.2) is 149 Å². The molecule has 3 fully saturated rings. The second kappa shape index (κ2) is 15.6. The Balaban J connectivity index is 1.53. The van der Waals surface area contributed by atoms with Crippen molar-refractivity contribution >= 4 is 11.9 Å². The highest BCUT2D eigenvalue weighted by molar-refractivity contribution is 5.87. The number of rotatable bonds is 13. The van der Waals surface area contributed by atoms with Crippen LogP contribution in [0.25, 0.3) is 0 Å². The Morgan fingerprint density at radius 3 is 2.53 bits per heavy atom. The average molecular weight is 674 g/mol. The molecule has 4 aliphatic rings. The molecule has 2 heterocycles. The maximum atomic E-state index is 13.4. The number of guanidine groups is 1. The zero-order valence-corrected chi connectivity index (χ0v) is 27.1. The molecule has 1 saturated heterocycles. The lowest BCUT2D eigenvalue weighted by atomic mass is 9.71. The fourth-order valence-electron chi connectivity index (χ4n) is 7.13. The van der Waals surface area contributed by atoms with Gasteiger partial charge in [0.1, 0.15) is 35.3 Å². The van der Waals surface area contributed by atoms with Gasteiger partial charge in [0.25, 0.3) is 5.91 Å². The van der Waals surface area contributed by atoms with Crippen LogP contribution in [0.5, 0.6) is 0 Å². The van der Waals surface area contributed by atoms with Gasteiger partial charge >= 0.3 is 0 Å². The number of ether oxygens (including phenoxy) is 3. The number of nitrogens with one attached hydrogen (secondary N) is 3. The van der Waals surface area contributed by atoms with Crippen molar-refractivity contribution in [3.8, 4) is 0 Å². The van der Waals surface area contributed by atoms with E-state index in [0.717, 1.165) is 0 Å². The van der Waals surface area contributed by atoms with E-state index in [1.165, 1.54) is 6.92 Å². The van der Waals surface area contributed by atoms with Crippen molar-refractivity contribution in [3.05, 3.63) is 11.8 Å². The predicted molar refractivity (Wildman–Crippen MR) is 170 cm³/mol. The van der Waals surface area contributed by atoms with Gasteiger partial charge in [0.05, 0.1) is 43.5 Å². The Labute approximate surface area is 274 Å². The van der Waals surface area contributed by atoms with Gasteiger partial charge in [-0.25, -0.2) is 0 Å². The van der Waals surface area contributed by atoms with Crippen LogP contribution in [0.3, 0.4) is 0 Å². The van der Waals surface area contributed by atoms with E-state index in [1.54, 1.807) is 7.05 Å². The Kier molecular flexibility index (Phi) is 12.5. The Morgan fingerprint density at radius 2 is 1.89 bits per heavy atom. The van der Waals surface area contributed by atoms with Crippen LogP contribution in [0.4, 0.5) is 0 Å². The molecule has 4 rings (SSSR count). The quantitative estimate of drug-likeness (QED) is 0.0639. The molecular weight excluding hydrogens is 618 g/mol. The average Bonchev–Trinajstić information content (AvgIpc) is 2.96. The third-order valence-electron chi connectivity index (χ3n) is 9.68. The number of aliphatic hydroxyl groups is 5. The fourth-order valence-corrected chi connectivity index (χ4v) is 7.13. The van der Waals surface area contributed by atoms with E-state index in [4.69, 9.17) is 42.9 Å². The van der Waals surface area contributed by atoms with Crippen LogP contribution in [0.1, 0.15) is 39.0 Å². The molecule has 0 aromatic rings. The summed E-state index contributed by atoms with van der Waals surface area (Å²) in [5, 5.41) is 63.5. The number of nitrogens with zero attached hydrogens (tertiary/aromatic N) is 1. The lowest BCUT2D eigenvalue weighted by molar-refractivity contribution is -0.297. The normalized spacial score (nSPS) is 42.8. The minimum absolute atomic E-state index is 0.00719. The number of nitrogens with two attached hydrogens (primary N) is 5. The van der Waals surface area contributed by atoms with E-state index < -0.39 is 90.0 Å². The summed E-state index contributed by atoms with van der Waals surface area (Å²) in [6.45, 7) is 2.29. The fraction of sp³-hybridized carbons (Fsp3) is 0.862. The molecule has 12 atom stereocenters. The Hall–Kier alpha value is -2.20. The molecule has 1 amide bonds. The molecule has 0 aromatic carbocycles. The minimum atomic E-state index is -1.75. The molecule has 0 bridgehead atoms. The summed E-state index contributed by atoms with van der Waals surface area (Å²) < 4.78 is 18.2. The van der Waals surface area contributed by atoms with Gasteiger partial charge in [-0.3, -0.25) is 9.79 Å². The summed E-state index contributed by atoms with van der Waals surface area (Å²) >= 11 is 0. The highest BCUT2D eigenvalue weighted by atomic mass is 16.7. The van der Waals surface area contributed by atoms with Crippen LogP contribution in [-0.2, 0) is 19.0 Å². The topological polar surface area (TPSA) is 324 Å². The Morgan fingerprint density at radius 1 is 1.19 bits per heavy atom. The van der Waals surface area contributed by atoms with Crippen LogP contribution < -0.4 is 44.6 Å². The van der Waals surface area contributed by atoms with E-state index in [9.17, 15) is 30.3 Å². The number of aliphatic hydroxyl groups excluding tert-OH is 3. The molecule has 12 unspecified atom stereocenters. The first kappa shape index (κ1) is 37.6. The van der Waals surface area contributed by atoms with Gasteiger partial charge in [-0.2, -0.15) is 0 Å². The molecule has 0 spiro atoms. The number of hydrogen-bond donors (Lipinski definition) is 13. The second-order valence-corrected chi connectivity index (χ2v) is 13.6. The summed E-state index contributed by atoms with van der Waals surface area (Å²) in [5.74, 6) is -1.08. The van der Waals surface area contributed by atoms with Crippen LogP contribution in [0, 0.1) is 5.92 Å². The molecule has 47 heavy (non-hydrogen) atoms. The van der Waals surface area contributed by atoms with Crippen molar-refractivity contribution in [2.75, 3.05) is 33.3 Å². The largest absolute Gasteiger partial charge is 0.492 e. The van der Waals surface area contributed by atoms with Gasteiger partial charge in [0.2, 0.25) is 0 Å². The predicted octanol–water partition coefficient (Wildman–Crippen LogP) is -5.91. The highest BCUT2D eigenvalue weighted by Gasteiger charge is 2.55. The van der Waals surface area contributed by atoms with Crippen LogP contribution >= 0.6 is 0 Å². The molecule has 18 N–H and O–H groups in total. The van der Waals surface area contributed by atoms with E-state index in [0.29, 0.717) is 38.2 Å². The van der Waals surface area contributed by atoms with Crippen molar-refractivity contribution in [1.29, 1.82) is 0 Å². The number of carbonyl (C=O) groups is 1. The van der Waals surface area contributed by atoms with E-state index in [1.807, 2.05) is 6.08 Å². The molecule has 18 heteroatoms. The number of hydrogen-bond acceptors (Lipinski definition) is 15. The smallest absolute Gasteiger partial charge is 0.252 e. The second-order valence-electron chi connectivity index (χ2n) is 13.6. The van der Waals surface area contributed by atoms with E-state index in [-0.39, 0.29) is 31.8 Å². The first-order valence-corrected chi connectivity index (χ1v) is 16.2. The molecule has 0 aromatic heterocycles. The van der Waals surface area contributed by atoms with Gasteiger partial charge in [-0.15, -0.1) is 0 Å². The lowest BCUT2D eigenvalue weighted by Gasteiger charge is -2.51. The summed E-state index contributed by atoms with van der Waals surface area (Å²) in [5.41, 5.74) is 26.4. The van der Waals surface area contributed by atoms with Crippen molar-refractivity contribution in [1.82, 2.24) is 16.0 Å². The molecular formula is C29H55N9O9. The lowest BCUT2D eigenvalue weighted by Crippen LogP contribution is -2.70. The summed E-state index contributed by atoms with van der Waals surface area (Å²) in [6, 6.07) is -3.47. The van der Waals surface area contributed by atoms with Gasteiger partial charge in [-0.05, 0) is 45.9 Å². The van der Waals surface area contributed by atoms with Gasteiger partial charge in [-0.1, -0.05) is 0 Å². The number of likely N-dealkylation sites (N-methyl/N-ethyl adjacent to an activating group) is 1. The molecule has 2 aliphatic carbocycles. The monoisotopic (exact) mass is 673 g/mol. The minimum Gasteiger partial charge on any atom is -0.492 e. The zero-order chi connectivity index (χ0) is 34.7. The molecule has 0 radical (unpaired) electrons. The van der Waals surface area contributed by atoms with Crippen molar-refractivity contribution in [2.45, 2.75) is 117 Å². The first-order chi connectivity index (χ1) is 22.1. The third kappa shape index (κ3) is 8.70. The summed E-state index contributed by atoms with van der Waals surface area (Å²) in [7, 11) is 1.58. The van der Waals surface area contributed by atoms with E-state index >= 15 is 0 Å². The molecule has 18 nitrogen and oxygen atoms in total. The number of carbonyl (C=O) groups excluding carboxylic acids is 1. The van der Waals surface area contributed by atoms with Crippen molar-refractivity contribution in [2.24, 2.45) is 39.6 Å². The number of amides is 1. The van der Waals surface area contributed by atoms with Crippen LogP contribution in [0.2, 0.25) is 0 Å². The van der Waals surface area contributed by atoms with Crippen LogP contribution in [0.15, 0.2) is 16.8 Å². The SMILES string of the molecule is CNC1C(O)C(OC2C(NC(=O)C3(O)CC(N=C(N)N)C3)CC(N)C(C3OC(CNCC(O)CCN)=CCC3N)C2O)OCC1(C)O. The molecule has 270 valence electrons. The van der Waals surface area contributed by atoms with Gasteiger partial charge in [0.15, 0.2) is 12.2 Å². The maximum absolute atomic E-state index is 13.4. The number of aliphatic imine (C=N–C) groups is 1. The standard InChI is InChI=1S/C29H55N9O9/c1-28(43)12-45-25(21(41)24(28)35-2)47-23-18(38-26(42)29(44)8-13(9-29)37-27(33)34)7-17(32)19(20(23)40)22-16(31)4-3-15(46-22)11-36-10-14(39)5-6-30/h3,13-14,16-25,35-36,39-41,43-44H,4-12,30-32H2,1-2H3,(H,38,42)(H4,33,34,37). The van der Waals surface area contributed by atoms with Crippen molar-refractivity contribution in [3.63, 3.8) is 0 Å². The Bertz CT molecular complexity index is 1120. The zero-order valence-electron chi connectivity index (χ0n) is 27.1. The molecule has 2 aliphatic heterocycles. The van der Waals surface area contributed by atoms with E-state index in [2.05, 4.69) is 20.9 Å². The molecule has 2 saturated carbocycles. The summed E-state index contributed by atoms with van der Waals surface area (Å²) in [4.78, 5) is 17.3. The van der Waals surface area contributed by atoms with Crippen molar-refractivity contribution < 1.29 is 44.5 Å². The maximum Gasteiger partial charge on any atom is 0.252 e. The van der Waals surface area contributed by atoms with Gasteiger partial charge in [0, 0.05) is 37.4 Å². The third-order valence-corrected chi connectivity index (χ3v) is 9.68.